The fourth-order valence-electron chi connectivity index (χ4n) is 3.34. The van der Waals surface area contributed by atoms with Crippen molar-refractivity contribution in [3.63, 3.8) is 0 Å². The minimum absolute atomic E-state index is 0.109. The summed E-state index contributed by atoms with van der Waals surface area (Å²) in [5, 5.41) is 4.93. The Morgan fingerprint density at radius 2 is 1.66 bits per heavy atom. The van der Waals surface area contributed by atoms with Gasteiger partial charge >= 0.3 is 0 Å². The Morgan fingerprint density at radius 1 is 0.906 bits per heavy atom. The molecule has 0 spiro atoms. The number of aromatic nitrogens is 3. The van der Waals surface area contributed by atoms with Gasteiger partial charge in [-0.2, -0.15) is 5.10 Å². The molecular weight excluding hydrogens is 420 g/mol. The number of benzene rings is 3. The third kappa shape index (κ3) is 4.38. The van der Waals surface area contributed by atoms with Crippen LogP contribution in [-0.2, 0) is 6.54 Å². The highest BCUT2D eigenvalue weighted by Crippen LogP contribution is 2.30. The summed E-state index contributed by atoms with van der Waals surface area (Å²) in [5.74, 6) is 1.32. The highest BCUT2D eigenvalue weighted by atomic mass is 32.1. The first-order chi connectivity index (χ1) is 15.8. The van der Waals surface area contributed by atoms with Gasteiger partial charge in [0.2, 0.25) is 0 Å². The molecule has 2 heterocycles. The van der Waals surface area contributed by atoms with Crippen LogP contribution in [0.2, 0.25) is 0 Å². The molecule has 3 aromatic carbocycles. The molecule has 2 aromatic heterocycles. The van der Waals surface area contributed by atoms with E-state index in [1.165, 1.54) is 11.3 Å². The second kappa shape index (κ2) is 9.03. The molecule has 0 N–H and O–H groups in total. The first kappa shape index (κ1) is 20.0. The monoisotopic (exact) mass is 440 g/mol. The Kier molecular flexibility index (Phi) is 5.63. The average Bonchev–Trinajstić information content (AvgIpc) is 3.50. The minimum Gasteiger partial charge on any atom is -0.457 e. The van der Waals surface area contributed by atoms with Gasteiger partial charge in [0.05, 0.1) is 16.8 Å². The van der Waals surface area contributed by atoms with Crippen LogP contribution in [0.5, 0.6) is 11.5 Å². The number of fused-ring (bicyclic) bond motifs is 1. The summed E-state index contributed by atoms with van der Waals surface area (Å²) < 4.78 is 8.70. The lowest BCUT2D eigenvalue weighted by Gasteiger charge is -2.20. The summed E-state index contributed by atoms with van der Waals surface area (Å²) in [7, 11) is 0. The lowest BCUT2D eigenvalue weighted by Crippen LogP contribution is -2.34. The van der Waals surface area contributed by atoms with Gasteiger partial charge in [-0.25, -0.2) is 4.98 Å². The highest BCUT2D eigenvalue weighted by molar-refractivity contribution is 7.22. The van der Waals surface area contributed by atoms with Crippen molar-refractivity contribution < 1.29 is 9.53 Å². The van der Waals surface area contributed by atoms with Gasteiger partial charge in [0.25, 0.3) is 5.91 Å². The van der Waals surface area contributed by atoms with Gasteiger partial charge in [-0.1, -0.05) is 41.7 Å². The van der Waals surface area contributed by atoms with Crippen molar-refractivity contribution in [1.29, 1.82) is 0 Å². The molecule has 0 atom stereocenters. The molecule has 0 fully saturated rings. The SMILES string of the molecule is O=C(c1ccc(Oc2ccccc2)cc1)N(CCn1cccn1)c1nc2ccccc2s1. The number of para-hydroxylation sites is 2. The third-order valence-electron chi connectivity index (χ3n) is 4.95. The zero-order chi connectivity index (χ0) is 21.8. The van der Waals surface area contributed by atoms with E-state index in [-0.39, 0.29) is 5.91 Å². The highest BCUT2D eigenvalue weighted by Gasteiger charge is 2.21. The maximum absolute atomic E-state index is 13.5. The van der Waals surface area contributed by atoms with Crippen molar-refractivity contribution in [2.45, 2.75) is 6.54 Å². The van der Waals surface area contributed by atoms with Crippen molar-refractivity contribution in [3.05, 3.63) is 103 Å². The summed E-state index contributed by atoms with van der Waals surface area (Å²) in [5.41, 5.74) is 1.46. The summed E-state index contributed by atoms with van der Waals surface area (Å²) in [6.45, 7) is 1.03. The second-order valence-electron chi connectivity index (χ2n) is 7.13. The van der Waals surface area contributed by atoms with E-state index in [2.05, 4.69) is 5.10 Å². The van der Waals surface area contributed by atoms with E-state index in [1.54, 1.807) is 23.2 Å². The molecule has 6 nitrogen and oxygen atoms in total. The Balaban J connectivity index is 1.40. The van der Waals surface area contributed by atoms with Crippen LogP contribution in [0.25, 0.3) is 10.2 Å². The normalized spacial score (nSPS) is 10.9. The first-order valence-corrected chi connectivity index (χ1v) is 11.1. The van der Waals surface area contributed by atoms with Gasteiger partial charge < -0.3 is 4.74 Å². The largest absolute Gasteiger partial charge is 0.457 e. The quantitative estimate of drug-likeness (QED) is 0.329. The molecule has 0 radical (unpaired) electrons. The van der Waals surface area contributed by atoms with Crippen LogP contribution in [0, 0.1) is 0 Å². The first-order valence-electron chi connectivity index (χ1n) is 10.2. The predicted octanol–water partition coefficient (Wildman–Crippen LogP) is 5.63. The number of thiazole rings is 1. The van der Waals surface area contributed by atoms with Gasteiger partial charge in [0.15, 0.2) is 5.13 Å². The van der Waals surface area contributed by atoms with Crippen LogP contribution in [0.15, 0.2) is 97.3 Å². The van der Waals surface area contributed by atoms with Crippen LogP contribution in [0.4, 0.5) is 5.13 Å². The molecule has 0 bridgehead atoms. The molecule has 0 unspecified atom stereocenters. The molecular formula is C25H20N4O2S. The number of rotatable bonds is 7. The summed E-state index contributed by atoms with van der Waals surface area (Å²) >= 11 is 1.51. The van der Waals surface area contributed by atoms with Crippen molar-refractivity contribution >= 4 is 32.6 Å². The molecule has 158 valence electrons. The van der Waals surface area contributed by atoms with E-state index in [4.69, 9.17) is 9.72 Å². The Labute approximate surface area is 189 Å². The number of hydrogen-bond acceptors (Lipinski definition) is 5. The Morgan fingerprint density at radius 3 is 2.41 bits per heavy atom. The van der Waals surface area contributed by atoms with Crippen molar-refractivity contribution in [1.82, 2.24) is 14.8 Å². The smallest absolute Gasteiger partial charge is 0.260 e. The van der Waals surface area contributed by atoms with Crippen molar-refractivity contribution in [2.75, 3.05) is 11.4 Å². The van der Waals surface area contributed by atoms with E-state index < -0.39 is 0 Å². The maximum atomic E-state index is 13.5. The summed E-state index contributed by atoms with van der Waals surface area (Å²) in [4.78, 5) is 19.9. The number of carbonyl (C=O) groups is 1. The number of nitrogens with zero attached hydrogens (tertiary/aromatic N) is 4. The summed E-state index contributed by atoms with van der Waals surface area (Å²) in [6.07, 6.45) is 3.62. The van der Waals surface area contributed by atoms with E-state index in [0.717, 1.165) is 16.0 Å². The van der Waals surface area contributed by atoms with Crippen molar-refractivity contribution in [2.24, 2.45) is 0 Å². The van der Waals surface area contributed by atoms with E-state index >= 15 is 0 Å². The van der Waals surface area contributed by atoms with E-state index in [1.807, 2.05) is 83.7 Å². The van der Waals surface area contributed by atoms with Gasteiger partial charge in [0.1, 0.15) is 11.5 Å². The predicted molar refractivity (Wildman–Crippen MR) is 126 cm³/mol. The maximum Gasteiger partial charge on any atom is 0.260 e. The van der Waals surface area contributed by atoms with Crippen LogP contribution >= 0.6 is 11.3 Å². The minimum atomic E-state index is -0.109. The number of hydrogen-bond donors (Lipinski definition) is 0. The molecule has 1 amide bonds. The zero-order valence-corrected chi connectivity index (χ0v) is 18.0. The fourth-order valence-corrected chi connectivity index (χ4v) is 4.33. The fraction of sp³-hybridized carbons (Fsp3) is 0.0800. The van der Waals surface area contributed by atoms with Gasteiger partial charge in [-0.3, -0.25) is 14.4 Å². The van der Waals surface area contributed by atoms with Gasteiger partial charge in [0, 0.05) is 24.5 Å². The molecule has 32 heavy (non-hydrogen) atoms. The molecule has 0 aliphatic carbocycles. The zero-order valence-electron chi connectivity index (χ0n) is 17.2. The summed E-state index contributed by atoms with van der Waals surface area (Å²) in [6, 6.07) is 26.5. The Bertz CT molecular complexity index is 1280. The molecule has 0 aliphatic rings. The molecule has 0 saturated heterocycles. The topological polar surface area (TPSA) is 60.2 Å². The third-order valence-corrected chi connectivity index (χ3v) is 6.01. The van der Waals surface area contributed by atoms with E-state index in [0.29, 0.717) is 29.5 Å². The number of carbonyl (C=O) groups excluding carboxylic acids is 1. The number of anilines is 1. The molecule has 5 rings (SSSR count). The van der Waals surface area contributed by atoms with Gasteiger partial charge in [-0.05, 0) is 54.6 Å². The molecule has 7 heteroatoms. The Hall–Kier alpha value is -3.97. The average molecular weight is 441 g/mol. The van der Waals surface area contributed by atoms with Gasteiger partial charge in [-0.15, -0.1) is 0 Å². The van der Waals surface area contributed by atoms with Crippen LogP contribution in [0.1, 0.15) is 10.4 Å². The van der Waals surface area contributed by atoms with Crippen LogP contribution in [-0.4, -0.2) is 27.2 Å². The van der Waals surface area contributed by atoms with Crippen LogP contribution < -0.4 is 9.64 Å². The molecule has 5 aromatic rings. The number of amides is 1. The second-order valence-corrected chi connectivity index (χ2v) is 8.14. The van der Waals surface area contributed by atoms with Crippen molar-refractivity contribution in [3.8, 4) is 11.5 Å². The number of ether oxygens (including phenoxy) is 1. The lowest BCUT2D eigenvalue weighted by atomic mass is 10.2. The molecule has 0 saturated carbocycles. The molecule has 0 aliphatic heterocycles. The standard InChI is InChI=1S/C25H20N4O2S/c30-24(19-11-13-21(14-12-19)31-20-7-2-1-3-8-20)29(18-17-28-16-6-15-26-28)25-27-22-9-4-5-10-23(22)32-25/h1-16H,17-18H2. The van der Waals surface area contributed by atoms with E-state index in [9.17, 15) is 4.79 Å². The van der Waals surface area contributed by atoms with Crippen LogP contribution in [0.3, 0.4) is 0 Å². The lowest BCUT2D eigenvalue weighted by molar-refractivity contribution is 0.0986.